The Morgan fingerprint density at radius 1 is 1.42 bits per heavy atom. The highest BCUT2D eigenvalue weighted by atomic mass is 32.1. The standard InChI is InChI=1S/C12H12BNO4S/c15-10-6-3-7-11(16)18-13(17-10)12-14-8-4-1-2-5-9(8)19-12/h1-2,4-5,10,15H,3,6-7H2. The number of carbonyl (C=O) groups excluding carboxylic acids is 1. The van der Waals surface area contributed by atoms with Gasteiger partial charge in [0, 0.05) is 6.42 Å². The highest BCUT2D eigenvalue weighted by Crippen LogP contribution is 2.18. The van der Waals surface area contributed by atoms with Gasteiger partial charge in [-0.15, -0.1) is 11.3 Å². The SMILES string of the molecule is O=C1CCCC(O)OB(c2nc3ccccc3s2)O1. The van der Waals surface area contributed by atoms with Crippen molar-refractivity contribution in [3.05, 3.63) is 24.3 Å². The van der Waals surface area contributed by atoms with Crippen molar-refractivity contribution in [2.75, 3.05) is 0 Å². The molecule has 0 radical (unpaired) electrons. The molecule has 1 aromatic carbocycles. The van der Waals surface area contributed by atoms with Crippen molar-refractivity contribution in [3.63, 3.8) is 0 Å². The van der Waals surface area contributed by atoms with Crippen molar-refractivity contribution in [1.82, 2.24) is 4.98 Å². The smallest absolute Gasteiger partial charge is 0.504 e. The lowest BCUT2D eigenvalue weighted by Gasteiger charge is -2.19. The molecule has 3 rings (SSSR count). The number of rotatable bonds is 1. The molecular weight excluding hydrogens is 265 g/mol. The Kier molecular flexibility index (Phi) is 3.50. The molecule has 2 aromatic rings. The number of aliphatic hydroxyl groups excluding tert-OH is 1. The zero-order chi connectivity index (χ0) is 13.2. The predicted octanol–water partition coefficient (Wildman–Crippen LogP) is 1.05. The third-order valence-corrected chi connectivity index (χ3v) is 3.92. The van der Waals surface area contributed by atoms with Gasteiger partial charge in [0.05, 0.1) is 10.2 Å². The lowest BCUT2D eigenvalue weighted by Crippen LogP contribution is -2.42. The molecule has 2 heterocycles. The van der Waals surface area contributed by atoms with Crippen LogP contribution in [0, 0.1) is 0 Å². The molecule has 19 heavy (non-hydrogen) atoms. The van der Waals surface area contributed by atoms with Crippen LogP contribution in [0.25, 0.3) is 10.2 Å². The van der Waals surface area contributed by atoms with Crippen LogP contribution in [0.5, 0.6) is 0 Å². The summed E-state index contributed by atoms with van der Waals surface area (Å²) >= 11 is 1.40. The molecule has 0 saturated carbocycles. The minimum absolute atomic E-state index is 0.293. The Labute approximate surface area is 114 Å². The fourth-order valence-corrected chi connectivity index (χ4v) is 2.87. The average Bonchev–Trinajstić information content (AvgIpc) is 2.79. The highest BCUT2D eigenvalue weighted by molar-refractivity contribution is 7.27. The number of hydrogen-bond acceptors (Lipinski definition) is 6. The largest absolute Gasteiger partial charge is 0.597 e. The van der Waals surface area contributed by atoms with E-state index < -0.39 is 13.4 Å². The van der Waals surface area contributed by atoms with E-state index in [1.54, 1.807) is 0 Å². The summed E-state index contributed by atoms with van der Waals surface area (Å²) in [6, 6.07) is 7.64. The second-order valence-electron chi connectivity index (χ2n) is 4.32. The summed E-state index contributed by atoms with van der Waals surface area (Å²) in [6.07, 6.45) is 0.357. The summed E-state index contributed by atoms with van der Waals surface area (Å²) in [6.45, 7) is 0. The number of nitrogens with zero attached hydrogens (tertiary/aromatic N) is 1. The number of carbonyl (C=O) groups is 1. The summed E-state index contributed by atoms with van der Waals surface area (Å²) < 4.78 is 11.5. The van der Waals surface area contributed by atoms with E-state index in [0.717, 1.165) is 10.2 Å². The first-order valence-corrected chi connectivity index (χ1v) is 6.92. The van der Waals surface area contributed by atoms with Gasteiger partial charge in [-0.1, -0.05) is 12.1 Å². The van der Waals surface area contributed by atoms with Gasteiger partial charge in [0.1, 0.15) is 11.2 Å². The van der Waals surface area contributed by atoms with Crippen molar-refractivity contribution in [2.45, 2.75) is 25.6 Å². The van der Waals surface area contributed by atoms with Gasteiger partial charge in [-0.05, 0) is 25.0 Å². The van der Waals surface area contributed by atoms with E-state index in [9.17, 15) is 9.90 Å². The number of hydrogen-bond donors (Lipinski definition) is 1. The van der Waals surface area contributed by atoms with Crippen LogP contribution in [0.1, 0.15) is 19.3 Å². The Morgan fingerprint density at radius 2 is 2.26 bits per heavy atom. The Hall–Kier alpha value is -1.44. The van der Waals surface area contributed by atoms with E-state index in [1.165, 1.54) is 11.3 Å². The van der Waals surface area contributed by atoms with E-state index in [4.69, 9.17) is 9.31 Å². The van der Waals surface area contributed by atoms with Gasteiger partial charge in [-0.25, -0.2) is 4.98 Å². The molecule has 1 atom stereocenters. The molecule has 1 N–H and O–H groups in total. The quantitative estimate of drug-likeness (QED) is 0.789. The van der Waals surface area contributed by atoms with Crippen LogP contribution in [0.4, 0.5) is 0 Å². The van der Waals surface area contributed by atoms with Crippen LogP contribution >= 0.6 is 11.3 Å². The molecule has 1 aromatic heterocycles. The zero-order valence-electron chi connectivity index (χ0n) is 10.1. The van der Waals surface area contributed by atoms with Crippen molar-refractivity contribution in [1.29, 1.82) is 0 Å². The fraction of sp³-hybridized carbons (Fsp3) is 0.333. The number of fused-ring (bicyclic) bond motifs is 1. The van der Waals surface area contributed by atoms with Crippen molar-refractivity contribution in [3.8, 4) is 0 Å². The number of aromatic nitrogens is 1. The normalized spacial score (nSPS) is 21.0. The molecule has 1 aliphatic rings. The summed E-state index contributed by atoms with van der Waals surface area (Å²) in [7, 11) is -0.916. The van der Waals surface area contributed by atoms with Gasteiger partial charge in [0.15, 0.2) is 0 Å². The van der Waals surface area contributed by atoms with Gasteiger partial charge in [0.2, 0.25) is 0 Å². The van der Waals surface area contributed by atoms with Gasteiger partial charge in [0.25, 0.3) is 5.97 Å². The van der Waals surface area contributed by atoms with E-state index in [2.05, 4.69) is 4.98 Å². The van der Waals surface area contributed by atoms with E-state index in [-0.39, 0.29) is 5.97 Å². The van der Waals surface area contributed by atoms with Crippen molar-refractivity contribution >= 4 is 39.5 Å². The summed E-state index contributed by atoms with van der Waals surface area (Å²) in [5.74, 6) is -0.323. The lowest BCUT2D eigenvalue weighted by atomic mass is 9.90. The van der Waals surface area contributed by atoms with Crippen LogP contribution < -0.4 is 4.91 Å². The first-order chi connectivity index (χ1) is 9.22. The minimum atomic E-state index is -0.926. The molecule has 1 saturated heterocycles. The third kappa shape index (κ3) is 2.78. The molecule has 0 bridgehead atoms. The molecule has 1 fully saturated rings. The summed E-state index contributed by atoms with van der Waals surface area (Å²) in [5.41, 5.74) is 0.832. The minimum Gasteiger partial charge on any atom is -0.504 e. The van der Waals surface area contributed by atoms with E-state index in [0.29, 0.717) is 24.2 Å². The summed E-state index contributed by atoms with van der Waals surface area (Å²) in [5, 5.41) is 9.67. The number of benzene rings is 1. The number of thiazole rings is 1. The summed E-state index contributed by atoms with van der Waals surface area (Å²) in [4.78, 5) is 16.5. The van der Waals surface area contributed by atoms with E-state index in [1.807, 2.05) is 24.3 Å². The number of aliphatic hydroxyl groups is 1. The molecule has 1 unspecified atom stereocenters. The van der Waals surface area contributed by atoms with Crippen LogP contribution in [0.3, 0.4) is 0 Å². The molecule has 1 aliphatic heterocycles. The van der Waals surface area contributed by atoms with Crippen LogP contribution in [-0.4, -0.2) is 29.5 Å². The van der Waals surface area contributed by atoms with Crippen LogP contribution in [0.2, 0.25) is 0 Å². The van der Waals surface area contributed by atoms with Crippen LogP contribution in [0.15, 0.2) is 24.3 Å². The topological polar surface area (TPSA) is 68.7 Å². The van der Waals surface area contributed by atoms with Gasteiger partial charge in [-0.2, -0.15) is 0 Å². The molecular formula is C12H12BNO4S. The Bertz CT molecular complexity index is 569. The third-order valence-electron chi connectivity index (χ3n) is 2.86. The van der Waals surface area contributed by atoms with Gasteiger partial charge >= 0.3 is 7.12 Å². The lowest BCUT2D eigenvalue weighted by molar-refractivity contribution is -0.139. The van der Waals surface area contributed by atoms with Crippen molar-refractivity contribution < 1.29 is 19.2 Å². The van der Waals surface area contributed by atoms with Gasteiger partial charge in [-0.3, -0.25) is 4.79 Å². The highest BCUT2D eigenvalue weighted by Gasteiger charge is 2.34. The second-order valence-corrected chi connectivity index (χ2v) is 5.39. The monoisotopic (exact) mass is 277 g/mol. The first kappa shape index (κ1) is 12.6. The molecule has 0 spiro atoms. The maximum Gasteiger partial charge on any atom is 0.597 e. The molecule has 0 amide bonds. The fourth-order valence-electron chi connectivity index (χ4n) is 1.94. The molecule has 0 aliphatic carbocycles. The van der Waals surface area contributed by atoms with Crippen molar-refractivity contribution in [2.24, 2.45) is 0 Å². The maximum absolute atomic E-state index is 11.5. The van der Waals surface area contributed by atoms with Gasteiger partial charge < -0.3 is 14.4 Å². The predicted molar refractivity (Wildman–Crippen MR) is 72.0 cm³/mol. The number of para-hydroxylation sites is 1. The van der Waals surface area contributed by atoms with Crippen LogP contribution in [-0.2, 0) is 14.1 Å². The molecule has 5 nitrogen and oxygen atoms in total. The molecule has 98 valence electrons. The Balaban J connectivity index is 1.90. The Morgan fingerprint density at radius 3 is 3.11 bits per heavy atom. The average molecular weight is 277 g/mol. The maximum atomic E-state index is 11.5. The molecule has 7 heteroatoms. The van der Waals surface area contributed by atoms with E-state index >= 15 is 0 Å². The second kappa shape index (κ2) is 5.28. The zero-order valence-corrected chi connectivity index (χ0v) is 10.9. The first-order valence-electron chi connectivity index (χ1n) is 6.11.